The minimum atomic E-state index is -0.527. The highest BCUT2D eigenvalue weighted by atomic mass is 16.5. The maximum Gasteiger partial charge on any atom is 0.261 e. The number of amides is 1. The predicted octanol–water partition coefficient (Wildman–Crippen LogP) is 4.27. The van der Waals surface area contributed by atoms with Crippen molar-refractivity contribution in [3.63, 3.8) is 0 Å². The Kier molecular flexibility index (Phi) is 7.99. The largest absolute Gasteiger partial charge is 0.490 e. The number of rotatable bonds is 10. The van der Waals surface area contributed by atoms with Crippen molar-refractivity contribution in [2.75, 3.05) is 13.2 Å². The van der Waals surface area contributed by atoms with Crippen molar-refractivity contribution >= 4 is 5.91 Å². The minimum absolute atomic E-state index is 0.133. The van der Waals surface area contributed by atoms with Crippen LogP contribution in [0.4, 0.5) is 0 Å². The number of ether oxygens (including phenoxy) is 3. The number of carbonyl (C=O) groups excluding carboxylic acids is 1. The van der Waals surface area contributed by atoms with Gasteiger partial charge in [0, 0.05) is 6.54 Å². The van der Waals surface area contributed by atoms with Gasteiger partial charge in [-0.05, 0) is 62.6 Å². The Labute approximate surface area is 161 Å². The molecule has 0 fully saturated rings. The maximum absolute atomic E-state index is 12.5. The molecule has 0 heterocycles. The van der Waals surface area contributed by atoms with E-state index in [1.54, 1.807) is 0 Å². The van der Waals surface area contributed by atoms with Crippen molar-refractivity contribution in [3.05, 3.63) is 53.6 Å². The summed E-state index contributed by atoms with van der Waals surface area (Å²) in [5, 5.41) is 2.95. The van der Waals surface area contributed by atoms with Crippen molar-refractivity contribution in [3.8, 4) is 17.2 Å². The molecule has 0 saturated carbocycles. The van der Waals surface area contributed by atoms with Crippen LogP contribution in [-0.2, 0) is 11.3 Å². The van der Waals surface area contributed by atoms with Gasteiger partial charge in [0.15, 0.2) is 17.6 Å². The molecule has 0 radical (unpaired) electrons. The lowest BCUT2D eigenvalue weighted by Gasteiger charge is -2.18. The molecule has 0 saturated heterocycles. The molecule has 0 aliphatic rings. The van der Waals surface area contributed by atoms with Crippen LogP contribution in [0.5, 0.6) is 17.2 Å². The number of hydrogen-bond acceptors (Lipinski definition) is 4. The molecule has 0 aromatic heterocycles. The zero-order chi connectivity index (χ0) is 19.6. The van der Waals surface area contributed by atoms with Crippen LogP contribution in [0.2, 0.25) is 0 Å². The normalized spacial score (nSPS) is 11.6. The Balaban J connectivity index is 1.99. The molecule has 0 aliphatic heterocycles. The molecule has 0 spiro atoms. The second-order valence-corrected chi connectivity index (χ2v) is 6.20. The number of hydrogen-bond donors (Lipinski definition) is 1. The van der Waals surface area contributed by atoms with Gasteiger partial charge in [-0.25, -0.2) is 0 Å². The zero-order valence-electron chi connectivity index (χ0n) is 16.6. The lowest BCUT2D eigenvalue weighted by molar-refractivity contribution is -0.128. The summed E-state index contributed by atoms with van der Waals surface area (Å²) in [7, 11) is 0. The van der Waals surface area contributed by atoms with Crippen molar-refractivity contribution in [1.29, 1.82) is 0 Å². The molecule has 2 rings (SSSR count). The van der Waals surface area contributed by atoms with Crippen LogP contribution in [0.1, 0.15) is 38.3 Å². The average Bonchev–Trinajstić information content (AvgIpc) is 2.66. The van der Waals surface area contributed by atoms with Crippen LogP contribution < -0.4 is 19.5 Å². The van der Waals surface area contributed by atoms with Gasteiger partial charge in [0.05, 0.1) is 13.2 Å². The van der Waals surface area contributed by atoms with Gasteiger partial charge in [-0.3, -0.25) is 4.79 Å². The van der Waals surface area contributed by atoms with Gasteiger partial charge in [-0.2, -0.15) is 0 Å². The van der Waals surface area contributed by atoms with E-state index in [1.165, 1.54) is 0 Å². The lowest BCUT2D eigenvalue weighted by Crippen LogP contribution is -2.37. The summed E-state index contributed by atoms with van der Waals surface area (Å²) in [5.74, 6) is 1.97. The summed E-state index contributed by atoms with van der Waals surface area (Å²) in [5.41, 5.74) is 2.04. The van der Waals surface area contributed by atoms with Crippen LogP contribution in [0, 0.1) is 6.92 Å². The van der Waals surface area contributed by atoms with Gasteiger partial charge >= 0.3 is 0 Å². The first-order valence-electron chi connectivity index (χ1n) is 9.46. The monoisotopic (exact) mass is 371 g/mol. The van der Waals surface area contributed by atoms with Gasteiger partial charge in [0.25, 0.3) is 5.91 Å². The molecule has 1 atom stereocenters. The van der Waals surface area contributed by atoms with Gasteiger partial charge < -0.3 is 19.5 Å². The second kappa shape index (κ2) is 10.5. The molecular weight excluding hydrogens is 342 g/mol. The Hall–Kier alpha value is -2.69. The molecule has 5 heteroatoms. The SMILES string of the molecule is CCOc1ccc(CNC(=O)[C@H](CC)Oc2cccc(C)c2)cc1OCC. The van der Waals surface area contributed by atoms with Crippen LogP contribution >= 0.6 is 0 Å². The highest BCUT2D eigenvalue weighted by Gasteiger charge is 2.18. The third-order valence-corrected chi connectivity index (χ3v) is 4.01. The first-order chi connectivity index (χ1) is 13.1. The Bertz CT molecular complexity index is 745. The molecule has 2 aromatic carbocycles. The fraction of sp³-hybridized carbons (Fsp3) is 0.409. The zero-order valence-corrected chi connectivity index (χ0v) is 16.6. The summed E-state index contributed by atoms with van der Waals surface area (Å²) in [6.45, 7) is 9.32. The van der Waals surface area contributed by atoms with Crippen LogP contribution in [0.25, 0.3) is 0 Å². The fourth-order valence-electron chi connectivity index (χ4n) is 2.68. The molecule has 0 aliphatic carbocycles. The second-order valence-electron chi connectivity index (χ2n) is 6.20. The molecule has 0 bridgehead atoms. The van der Waals surface area contributed by atoms with Crippen LogP contribution in [0.3, 0.4) is 0 Å². The highest BCUT2D eigenvalue weighted by Crippen LogP contribution is 2.28. The van der Waals surface area contributed by atoms with Gasteiger partial charge in [-0.1, -0.05) is 25.1 Å². The first-order valence-corrected chi connectivity index (χ1v) is 9.46. The van der Waals surface area contributed by atoms with E-state index < -0.39 is 6.10 Å². The van der Waals surface area contributed by atoms with Crippen molar-refractivity contribution in [1.82, 2.24) is 5.32 Å². The van der Waals surface area contributed by atoms with E-state index in [4.69, 9.17) is 14.2 Å². The number of carbonyl (C=O) groups is 1. The Morgan fingerprint density at radius 1 is 1.00 bits per heavy atom. The summed E-state index contributed by atoms with van der Waals surface area (Å²) < 4.78 is 17.1. The maximum atomic E-state index is 12.5. The van der Waals surface area contributed by atoms with E-state index in [1.807, 2.05) is 70.2 Å². The highest BCUT2D eigenvalue weighted by molar-refractivity contribution is 5.81. The number of benzene rings is 2. The summed E-state index contributed by atoms with van der Waals surface area (Å²) in [4.78, 5) is 12.5. The Morgan fingerprint density at radius 3 is 2.41 bits per heavy atom. The van der Waals surface area contributed by atoms with Crippen LogP contribution in [-0.4, -0.2) is 25.2 Å². The average molecular weight is 371 g/mol. The Morgan fingerprint density at radius 2 is 1.74 bits per heavy atom. The van der Waals surface area contributed by atoms with Gasteiger partial charge in [0.1, 0.15) is 5.75 Å². The smallest absolute Gasteiger partial charge is 0.261 e. The quantitative estimate of drug-likeness (QED) is 0.678. The van der Waals surface area contributed by atoms with E-state index in [0.717, 1.165) is 11.1 Å². The molecule has 5 nitrogen and oxygen atoms in total. The molecule has 0 unspecified atom stereocenters. The fourth-order valence-corrected chi connectivity index (χ4v) is 2.68. The van der Waals surface area contributed by atoms with Crippen molar-refractivity contribution < 1.29 is 19.0 Å². The summed E-state index contributed by atoms with van der Waals surface area (Å²) >= 11 is 0. The van der Waals surface area contributed by atoms with E-state index in [0.29, 0.717) is 43.4 Å². The topological polar surface area (TPSA) is 56.8 Å². The van der Waals surface area contributed by atoms with E-state index >= 15 is 0 Å². The molecule has 27 heavy (non-hydrogen) atoms. The number of nitrogens with one attached hydrogen (secondary N) is 1. The van der Waals surface area contributed by atoms with E-state index in [9.17, 15) is 4.79 Å². The van der Waals surface area contributed by atoms with Crippen molar-refractivity contribution in [2.24, 2.45) is 0 Å². The van der Waals surface area contributed by atoms with E-state index in [2.05, 4.69) is 5.32 Å². The molecule has 2 aromatic rings. The lowest BCUT2D eigenvalue weighted by atomic mass is 10.2. The van der Waals surface area contributed by atoms with Gasteiger partial charge in [0.2, 0.25) is 0 Å². The summed E-state index contributed by atoms with van der Waals surface area (Å²) in [6, 6.07) is 13.4. The minimum Gasteiger partial charge on any atom is -0.490 e. The third-order valence-electron chi connectivity index (χ3n) is 4.01. The molecule has 146 valence electrons. The van der Waals surface area contributed by atoms with Crippen LogP contribution in [0.15, 0.2) is 42.5 Å². The molecule has 1 N–H and O–H groups in total. The standard InChI is InChI=1S/C22H29NO4/c1-5-19(27-18-10-8-9-16(4)13-18)22(24)23-15-17-11-12-20(25-6-2)21(14-17)26-7-3/h8-14,19H,5-7,15H2,1-4H3,(H,23,24)/t19-/m0/s1. The predicted molar refractivity (Wildman–Crippen MR) is 107 cm³/mol. The third kappa shape index (κ3) is 6.20. The molecule has 1 amide bonds. The van der Waals surface area contributed by atoms with Gasteiger partial charge in [-0.15, -0.1) is 0 Å². The molecular formula is C22H29NO4. The van der Waals surface area contributed by atoms with E-state index in [-0.39, 0.29) is 5.91 Å². The first kappa shape index (κ1) is 20.6. The van der Waals surface area contributed by atoms with Crippen molar-refractivity contribution in [2.45, 2.75) is 46.8 Å². The summed E-state index contributed by atoms with van der Waals surface area (Å²) in [6.07, 6.45) is 0.0635. The number of aryl methyl sites for hydroxylation is 1.